The first-order chi connectivity index (χ1) is 22.2. The van der Waals surface area contributed by atoms with Crippen molar-refractivity contribution >= 4 is 63.1 Å². The van der Waals surface area contributed by atoms with E-state index in [1.54, 1.807) is 0 Å². The van der Waals surface area contributed by atoms with Crippen LogP contribution in [-0.4, -0.2) is 58.7 Å². The Kier molecular flexibility index (Phi) is 12.7. The summed E-state index contributed by atoms with van der Waals surface area (Å²) in [5.74, 6) is -2.84. The molecule has 0 fully saturated rings. The first-order valence-electron chi connectivity index (χ1n) is 12.8. The molecule has 3 rings (SSSR count). The van der Waals surface area contributed by atoms with Crippen molar-refractivity contribution < 1.29 is 67.2 Å². The van der Waals surface area contributed by atoms with Gasteiger partial charge >= 0.3 is 24.3 Å². The number of benzene rings is 3. The van der Waals surface area contributed by atoms with E-state index in [0.717, 1.165) is 31.4 Å². The Morgan fingerprint density at radius 3 is 1.77 bits per heavy atom. The summed E-state index contributed by atoms with van der Waals surface area (Å²) < 4.78 is 135. The lowest BCUT2D eigenvalue weighted by Crippen LogP contribution is -2.45. The Balaban J connectivity index is 2.03. The predicted molar refractivity (Wildman–Crippen MR) is 156 cm³/mol. The Morgan fingerprint density at radius 1 is 0.812 bits per heavy atom. The van der Waals surface area contributed by atoms with Crippen molar-refractivity contribution in [1.82, 2.24) is 0 Å². The van der Waals surface area contributed by atoms with E-state index in [2.05, 4.69) is 9.99 Å². The molecule has 0 amide bonds. The van der Waals surface area contributed by atoms with Crippen LogP contribution in [0.25, 0.3) is 0 Å². The minimum atomic E-state index is -5.14. The molecule has 3 aromatic rings. The van der Waals surface area contributed by atoms with Crippen LogP contribution in [0.2, 0.25) is 15.1 Å². The minimum absolute atomic E-state index is 0.175. The van der Waals surface area contributed by atoms with E-state index in [4.69, 9.17) is 48.5 Å². The lowest BCUT2D eigenvalue weighted by atomic mass is 10.1. The molecule has 3 aromatic carbocycles. The Bertz CT molecular complexity index is 1750. The van der Waals surface area contributed by atoms with Crippen molar-refractivity contribution in [3.05, 3.63) is 98.0 Å². The number of alkyl halides is 7. The molecule has 3 atom stereocenters. The van der Waals surface area contributed by atoms with E-state index in [-0.39, 0.29) is 10.0 Å². The van der Waals surface area contributed by atoms with Crippen LogP contribution >= 0.6 is 34.8 Å². The maximum atomic E-state index is 15.5. The van der Waals surface area contributed by atoms with Gasteiger partial charge in [0.2, 0.25) is 0 Å². The largest absolute Gasteiger partial charge is 0.459 e. The number of oxime groups is 1. The molecule has 0 saturated heterocycles. The molecule has 0 spiro atoms. The topological polar surface area (TPSA) is 118 Å². The first-order valence-corrected chi connectivity index (χ1v) is 15.3. The van der Waals surface area contributed by atoms with Crippen LogP contribution in [0.3, 0.4) is 0 Å². The van der Waals surface area contributed by atoms with Gasteiger partial charge in [-0.25, -0.2) is 14.0 Å². The molecule has 0 aromatic heterocycles. The highest BCUT2D eigenvalue weighted by Gasteiger charge is 2.40. The van der Waals surface area contributed by atoms with Crippen molar-refractivity contribution in [2.24, 2.45) is 5.16 Å². The van der Waals surface area contributed by atoms with Crippen LogP contribution in [0.1, 0.15) is 31.8 Å². The van der Waals surface area contributed by atoms with Crippen molar-refractivity contribution in [1.29, 1.82) is 0 Å². The van der Waals surface area contributed by atoms with Crippen LogP contribution in [0.4, 0.5) is 30.7 Å². The number of nitrogens with zero attached hydrogens (tertiary/aromatic N) is 1. The number of hydrogen-bond acceptors (Lipinski definition) is 9. The highest BCUT2D eigenvalue weighted by atomic mass is 35.5. The summed E-state index contributed by atoms with van der Waals surface area (Å²) in [6, 6.07) is 6.66. The number of esters is 2. The van der Waals surface area contributed by atoms with Gasteiger partial charge in [0, 0.05) is 0 Å². The Morgan fingerprint density at radius 2 is 1.29 bits per heavy atom. The lowest BCUT2D eigenvalue weighted by Gasteiger charge is -2.27. The van der Waals surface area contributed by atoms with Crippen LogP contribution in [0.5, 0.6) is 0 Å². The van der Waals surface area contributed by atoms with Crippen molar-refractivity contribution in [2.75, 3.05) is 13.7 Å². The Hall–Kier alpha value is -3.64. The van der Waals surface area contributed by atoms with Gasteiger partial charge in [0.25, 0.3) is 10.1 Å². The molecular formula is C28H19Cl3F7NO8S. The maximum absolute atomic E-state index is 15.5. The van der Waals surface area contributed by atoms with Crippen LogP contribution in [0, 0.1) is 0 Å². The average Bonchev–Trinajstić information content (AvgIpc) is 3.01. The molecule has 0 saturated carbocycles. The highest BCUT2D eigenvalue weighted by Crippen LogP contribution is 2.34. The predicted octanol–water partition coefficient (Wildman–Crippen LogP) is 7.81. The highest BCUT2D eigenvalue weighted by molar-refractivity contribution is 7.87. The second-order valence-electron chi connectivity index (χ2n) is 9.29. The molecule has 48 heavy (non-hydrogen) atoms. The molecule has 20 heteroatoms. The summed E-state index contributed by atoms with van der Waals surface area (Å²) in [7, 11) is -4.15. The summed E-state index contributed by atoms with van der Waals surface area (Å²) in [6.45, 7) is -1.26. The molecular weight excluding hydrogens is 750 g/mol. The van der Waals surface area contributed by atoms with E-state index >= 15 is 4.39 Å². The monoisotopic (exact) mass is 767 g/mol. The fourth-order valence-electron chi connectivity index (χ4n) is 3.66. The average molecular weight is 769 g/mol. The quantitative estimate of drug-likeness (QED) is 0.0458. The zero-order valence-electron chi connectivity index (χ0n) is 23.7. The molecule has 0 bridgehead atoms. The number of halogens is 10. The summed E-state index contributed by atoms with van der Waals surface area (Å²) in [5.41, 5.74) is -3.28. The lowest BCUT2D eigenvalue weighted by molar-refractivity contribution is -0.138. The third-order valence-corrected chi connectivity index (χ3v) is 8.52. The summed E-state index contributed by atoms with van der Waals surface area (Å²) >= 11 is 17.7. The number of carbonyl (C=O) groups excluding carboxylic acids is 2. The van der Waals surface area contributed by atoms with Crippen LogP contribution in [0.15, 0.2) is 70.7 Å². The third kappa shape index (κ3) is 10.2. The van der Waals surface area contributed by atoms with E-state index in [9.17, 15) is 44.3 Å². The SMILES string of the molecule is CON=C[C@@H](F)[C@H](OC(=O)c1ccc(C(F)(F)F)cc1)[C@@H](COC(=O)c1ccc(C(F)(F)F)cc1)OS(=O)(=O)c1cc(Cl)c(Cl)cc1Cl. The minimum Gasteiger partial charge on any atom is -0.459 e. The van der Waals surface area contributed by atoms with Gasteiger partial charge in [-0.1, -0.05) is 40.0 Å². The number of carbonyl (C=O) groups is 2. The first kappa shape index (κ1) is 38.8. The van der Waals surface area contributed by atoms with Gasteiger partial charge in [-0.05, 0) is 60.7 Å². The van der Waals surface area contributed by atoms with Gasteiger partial charge in [0.05, 0.1) is 43.5 Å². The molecule has 0 aliphatic heterocycles. The molecule has 260 valence electrons. The summed E-state index contributed by atoms with van der Waals surface area (Å²) in [5, 5.41) is 2.14. The van der Waals surface area contributed by atoms with Gasteiger partial charge in [-0.2, -0.15) is 34.8 Å². The summed E-state index contributed by atoms with van der Waals surface area (Å²) in [4.78, 5) is 29.2. The summed E-state index contributed by atoms with van der Waals surface area (Å²) in [6.07, 6.45) is -16.5. The molecule has 0 unspecified atom stereocenters. The molecule has 0 aliphatic rings. The zero-order valence-corrected chi connectivity index (χ0v) is 26.8. The van der Waals surface area contributed by atoms with Gasteiger partial charge in [0.1, 0.15) is 18.6 Å². The Labute approximate surface area is 282 Å². The van der Waals surface area contributed by atoms with Gasteiger partial charge in [-0.3, -0.25) is 4.18 Å². The number of hydrogen-bond donors (Lipinski definition) is 0. The van der Waals surface area contributed by atoms with E-state index in [1.165, 1.54) is 0 Å². The number of ether oxygens (including phenoxy) is 2. The van der Waals surface area contributed by atoms with Gasteiger partial charge in [-0.15, -0.1) is 0 Å². The molecule has 0 radical (unpaired) electrons. The standard InChI is InChI=1S/C28H19Cl3F7NO8S/c1-44-39-12-21(32)24(46-26(41)15-4-8-17(9-5-15)28(36,37)38)22(47-48(42,43)23-11-19(30)18(29)10-20(23)31)13-45-25(40)14-2-6-16(7-3-14)27(33,34)35/h2-12,21-22,24H,13H2,1H3/t21-,22-,24+/m1/s1. The van der Waals surface area contributed by atoms with Crippen LogP contribution in [-0.2, 0) is 41.0 Å². The fourth-order valence-corrected chi connectivity index (χ4v) is 5.71. The molecule has 9 nitrogen and oxygen atoms in total. The number of rotatable bonds is 12. The second-order valence-corrected chi connectivity index (χ2v) is 12.0. The molecule has 0 aliphatic carbocycles. The zero-order chi connectivity index (χ0) is 36.0. The molecule has 0 N–H and O–H groups in total. The fraction of sp³-hybridized carbons (Fsp3) is 0.250. The smallest absolute Gasteiger partial charge is 0.416 e. The second kappa shape index (κ2) is 15.7. The molecule has 0 heterocycles. The maximum Gasteiger partial charge on any atom is 0.416 e. The van der Waals surface area contributed by atoms with Gasteiger partial charge in [0.15, 0.2) is 18.4 Å². The van der Waals surface area contributed by atoms with E-state index in [1.807, 2.05) is 0 Å². The third-order valence-electron chi connectivity index (χ3n) is 6.00. The van der Waals surface area contributed by atoms with Crippen molar-refractivity contribution in [2.45, 2.75) is 35.6 Å². The normalized spacial score (nSPS) is 14.3. The van der Waals surface area contributed by atoms with Crippen molar-refractivity contribution in [3.63, 3.8) is 0 Å². The van der Waals surface area contributed by atoms with E-state index < -0.39 is 91.6 Å². The van der Waals surface area contributed by atoms with Crippen molar-refractivity contribution in [3.8, 4) is 0 Å². The van der Waals surface area contributed by atoms with E-state index in [0.29, 0.717) is 42.6 Å². The van der Waals surface area contributed by atoms with Gasteiger partial charge < -0.3 is 14.3 Å². The van der Waals surface area contributed by atoms with Crippen LogP contribution < -0.4 is 0 Å².